The summed E-state index contributed by atoms with van der Waals surface area (Å²) in [6.07, 6.45) is 0.979. The van der Waals surface area contributed by atoms with E-state index in [0.29, 0.717) is 18.2 Å². The lowest BCUT2D eigenvalue weighted by molar-refractivity contribution is 0.302. The van der Waals surface area contributed by atoms with Gasteiger partial charge in [0.1, 0.15) is 12.4 Å². The number of nitrogens with one attached hydrogen (secondary N) is 1. The highest BCUT2D eigenvalue weighted by molar-refractivity contribution is 7.99. The Morgan fingerprint density at radius 1 is 1.03 bits per heavy atom. The Balaban J connectivity index is 0.00000324. The summed E-state index contributed by atoms with van der Waals surface area (Å²) >= 11 is 7.88. The molecule has 0 aliphatic rings. The van der Waals surface area contributed by atoms with Gasteiger partial charge in [-0.25, -0.2) is 0 Å². The Labute approximate surface area is 215 Å². The average molecular weight is 516 g/mol. The third-order valence-electron chi connectivity index (χ3n) is 5.02. The van der Waals surface area contributed by atoms with Crippen molar-refractivity contribution < 1.29 is 4.74 Å². The molecule has 9 heteroatoms. The number of aryl methyl sites for hydroxylation is 1. The number of rotatable bonds is 11. The zero-order valence-corrected chi connectivity index (χ0v) is 21.2. The van der Waals surface area contributed by atoms with Gasteiger partial charge < -0.3 is 10.1 Å². The smallest absolute Gasteiger partial charge is 0.214 e. The minimum absolute atomic E-state index is 0. The van der Waals surface area contributed by atoms with Crippen molar-refractivity contribution in [3.63, 3.8) is 0 Å². The van der Waals surface area contributed by atoms with Gasteiger partial charge in [0, 0.05) is 22.9 Å². The minimum atomic E-state index is 0. The molecule has 0 radical (unpaired) electrons. The predicted molar refractivity (Wildman–Crippen MR) is 140 cm³/mol. The van der Waals surface area contributed by atoms with E-state index < -0.39 is 0 Å². The van der Waals surface area contributed by atoms with Gasteiger partial charge >= 0.3 is 0 Å². The van der Waals surface area contributed by atoms with Crippen LogP contribution in [0.5, 0.6) is 5.75 Å². The van der Waals surface area contributed by atoms with E-state index in [1.807, 2.05) is 48.5 Å². The molecule has 0 saturated heterocycles. The van der Waals surface area contributed by atoms with Crippen molar-refractivity contribution in [1.29, 1.82) is 0 Å². The summed E-state index contributed by atoms with van der Waals surface area (Å²) in [5.74, 6) is 1.76. The Kier molecular flexibility index (Phi) is 10.2. The quantitative estimate of drug-likeness (QED) is 0.198. The van der Waals surface area contributed by atoms with E-state index in [-0.39, 0.29) is 12.4 Å². The molecule has 6 nitrogen and oxygen atoms in total. The van der Waals surface area contributed by atoms with Crippen molar-refractivity contribution in [1.82, 2.24) is 25.5 Å². The zero-order valence-electron chi connectivity index (χ0n) is 18.9. The molecule has 34 heavy (non-hydrogen) atoms. The van der Waals surface area contributed by atoms with Crippen molar-refractivity contribution in [2.45, 2.75) is 31.7 Å². The van der Waals surface area contributed by atoms with Crippen molar-refractivity contribution in [2.24, 2.45) is 0 Å². The summed E-state index contributed by atoms with van der Waals surface area (Å²) in [6.45, 7) is 4.17. The monoisotopic (exact) mass is 515 g/mol. The standard InChI is InChI=1S/C25H26ClN5OS.ClH/c1-19-8-10-20(11-9-19)18-32-24-13-12-22(26)16-21(24)17-27-14-5-15-33-25-28-29-30-31(25)23-6-3-2-4-7-23;/h2-4,6-13,16,27H,5,14-15,17-18H2,1H3;1H. The number of hydrogen-bond donors (Lipinski definition) is 1. The summed E-state index contributed by atoms with van der Waals surface area (Å²) in [5, 5.41) is 17.0. The van der Waals surface area contributed by atoms with Crippen LogP contribution in [0.2, 0.25) is 5.02 Å². The molecule has 4 rings (SSSR count). The Bertz CT molecular complexity index is 1160. The molecular weight excluding hydrogens is 489 g/mol. The number of tetrazole rings is 1. The van der Waals surface area contributed by atoms with Crippen LogP contribution in [0.1, 0.15) is 23.1 Å². The van der Waals surface area contributed by atoms with E-state index in [2.05, 4.69) is 52.0 Å². The van der Waals surface area contributed by atoms with Crippen LogP contribution in [-0.2, 0) is 13.2 Å². The van der Waals surface area contributed by atoms with Gasteiger partial charge in [0.2, 0.25) is 5.16 Å². The third kappa shape index (κ3) is 7.46. The average Bonchev–Trinajstić information content (AvgIpc) is 3.31. The van der Waals surface area contributed by atoms with Crippen molar-refractivity contribution in [2.75, 3.05) is 12.3 Å². The molecular formula is C25H27Cl2N5OS. The van der Waals surface area contributed by atoms with E-state index in [4.69, 9.17) is 16.3 Å². The first kappa shape index (κ1) is 26.0. The fourth-order valence-corrected chi connectivity index (χ4v) is 4.28. The van der Waals surface area contributed by atoms with Crippen LogP contribution in [0.25, 0.3) is 5.69 Å². The number of ether oxygens (including phenoxy) is 1. The lowest BCUT2D eigenvalue weighted by atomic mass is 10.1. The van der Waals surface area contributed by atoms with Crippen molar-refractivity contribution >= 4 is 35.8 Å². The molecule has 0 atom stereocenters. The fraction of sp³-hybridized carbons (Fsp3) is 0.240. The highest BCUT2D eigenvalue weighted by atomic mass is 35.5. The van der Waals surface area contributed by atoms with Gasteiger partial charge in [-0.1, -0.05) is 71.4 Å². The van der Waals surface area contributed by atoms with Crippen molar-refractivity contribution in [3.05, 3.63) is 94.5 Å². The summed E-state index contributed by atoms with van der Waals surface area (Å²) in [4.78, 5) is 0. The second-order valence-corrected chi connectivity index (χ2v) is 9.11. The Hall–Kier alpha value is -2.58. The van der Waals surface area contributed by atoms with Crippen LogP contribution < -0.4 is 10.1 Å². The Morgan fingerprint density at radius 2 is 1.82 bits per heavy atom. The van der Waals surface area contributed by atoms with E-state index in [9.17, 15) is 0 Å². The third-order valence-corrected chi connectivity index (χ3v) is 6.26. The van der Waals surface area contributed by atoms with Crippen LogP contribution in [-0.4, -0.2) is 32.5 Å². The van der Waals surface area contributed by atoms with E-state index in [1.165, 1.54) is 5.56 Å². The molecule has 0 bridgehead atoms. The number of benzene rings is 3. The van der Waals surface area contributed by atoms with Crippen LogP contribution in [0.3, 0.4) is 0 Å². The van der Waals surface area contributed by atoms with Gasteiger partial charge in [-0.15, -0.1) is 17.5 Å². The minimum Gasteiger partial charge on any atom is -0.489 e. The number of para-hydroxylation sites is 1. The molecule has 0 aliphatic carbocycles. The largest absolute Gasteiger partial charge is 0.489 e. The molecule has 0 amide bonds. The van der Waals surface area contributed by atoms with Crippen LogP contribution in [0.15, 0.2) is 78.0 Å². The Morgan fingerprint density at radius 3 is 2.62 bits per heavy atom. The molecule has 1 aromatic heterocycles. The number of halogens is 2. The van der Waals surface area contributed by atoms with Gasteiger partial charge in [0.05, 0.1) is 5.69 Å². The van der Waals surface area contributed by atoms with E-state index in [0.717, 1.165) is 46.4 Å². The first-order chi connectivity index (χ1) is 16.2. The number of hydrogen-bond acceptors (Lipinski definition) is 6. The van der Waals surface area contributed by atoms with Gasteiger partial charge in [-0.05, 0) is 66.2 Å². The van der Waals surface area contributed by atoms with Crippen LogP contribution in [0, 0.1) is 6.92 Å². The van der Waals surface area contributed by atoms with Gasteiger partial charge in [-0.3, -0.25) is 0 Å². The highest BCUT2D eigenvalue weighted by Crippen LogP contribution is 2.24. The maximum atomic E-state index is 6.23. The first-order valence-corrected chi connectivity index (χ1v) is 12.2. The van der Waals surface area contributed by atoms with Crippen molar-refractivity contribution in [3.8, 4) is 11.4 Å². The summed E-state index contributed by atoms with van der Waals surface area (Å²) < 4.78 is 7.84. The zero-order chi connectivity index (χ0) is 22.9. The lowest BCUT2D eigenvalue weighted by Gasteiger charge is -2.13. The van der Waals surface area contributed by atoms with E-state index in [1.54, 1.807) is 16.4 Å². The normalized spacial score (nSPS) is 10.6. The number of nitrogens with zero attached hydrogens (tertiary/aromatic N) is 4. The van der Waals surface area contributed by atoms with Crippen LogP contribution >= 0.6 is 35.8 Å². The molecule has 0 fully saturated rings. The molecule has 4 aromatic rings. The molecule has 0 spiro atoms. The maximum absolute atomic E-state index is 6.23. The maximum Gasteiger partial charge on any atom is 0.214 e. The SMILES string of the molecule is Cc1ccc(COc2ccc(Cl)cc2CNCCCSc2nnnn2-c2ccccc2)cc1.Cl. The van der Waals surface area contributed by atoms with E-state index >= 15 is 0 Å². The topological polar surface area (TPSA) is 64.9 Å². The molecule has 0 aliphatic heterocycles. The molecule has 0 saturated carbocycles. The molecule has 0 unspecified atom stereocenters. The second-order valence-electron chi connectivity index (χ2n) is 7.61. The first-order valence-electron chi connectivity index (χ1n) is 10.8. The molecule has 178 valence electrons. The second kappa shape index (κ2) is 13.3. The fourth-order valence-electron chi connectivity index (χ4n) is 3.26. The highest BCUT2D eigenvalue weighted by Gasteiger charge is 2.09. The van der Waals surface area contributed by atoms with Gasteiger partial charge in [0.25, 0.3) is 0 Å². The summed E-state index contributed by atoms with van der Waals surface area (Å²) in [5.41, 5.74) is 4.40. The number of aromatic nitrogens is 4. The predicted octanol–water partition coefficient (Wildman–Crippen LogP) is 5.90. The molecule has 3 aromatic carbocycles. The summed E-state index contributed by atoms with van der Waals surface area (Å²) in [7, 11) is 0. The summed E-state index contributed by atoms with van der Waals surface area (Å²) in [6, 6.07) is 24.1. The molecule has 1 N–H and O–H groups in total. The lowest BCUT2D eigenvalue weighted by Crippen LogP contribution is -2.16. The molecule has 1 heterocycles. The van der Waals surface area contributed by atoms with Gasteiger partial charge in [-0.2, -0.15) is 4.68 Å². The number of thioether (sulfide) groups is 1. The van der Waals surface area contributed by atoms with Gasteiger partial charge in [0.15, 0.2) is 0 Å². The van der Waals surface area contributed by atoms with Crippen LogP contribution in [0.4, 0.5) is 0 Å².